The highest BCUT2D eigenvalue weighted by molar-refractivity contribution is 5.74. The Kier molecular flexibility index (Phi) is 3.93. The summed E-state index contributed by atoms with van der Waals surface area (Å²) in [5.74, 6) is -0.933. The maximum absolute atomic E-state index is 11.0. The number of aliphatic hydroxyl groups is 2. The van der Waals surface area contributed by atoms with Gasteiger partial charge in [0.15, 0.2) is 0 Å². The van der Waals surface area contributed by atoms with Crippen LogP contribution in [-0.4, -0.2) is 57.5 Å². The number of aliphatic carboxylic acids is 1. The molecule has 0 radical (unpaired) electrons. The zero-order valence-corrected chi connectivity index (χ0v) is 10.1. The zero-order valence-electron chi connectivity index (χ0n) is 10.1. The van der Waals surface area contributed by atoms with Gasteiger partial charge in [-0.3, -0.25) is 9.69 Å². The van der Waals surface area contributed by atoms with Crippen LogP contribution in [0.5, 0.6) is 0 Å². The number of β-amino-alcohol motifs (C(OH)–C–C–N with tert-alkyl or cyclic N) is 2. The normalized spacial score (nSPS) is 29.3. The van der Waals surface area contributed by atoms with Crippen LogP contribution in [0.4, 0.5) is 0 Å². The zero-order chi connectivity index (χ0) is 12.5. The molecule has 0 bridgehead atoms. The van der Waals surface area contributed by atoms with Crippen LogP contribution < -0.4 is 0 Å². The number of carbonyl (C=O) groups is 1. The maximum atomic E-state index is 11.0. The molecule has 0 aromatic heterocycles. The Hall–Kier alpha value is -0.650. The number of nitrogens with zero attached hydrogens (tertiary/aromatic N) is 1. The van der Waals surface area contributed by atoms with Crippen molar-refractivity contribution >= 4 is 5.97 Å². The highest BCUT2D eigenvalue weighted by atomic mass is 16.4. The number of carboxylic acid groups (broad SMARTS) is 1. The maximum Gasteiger partial charge on any atom is 0.321 e. The van der Waals surface area contributed by atoms with Crippen LogP contribution in [0.3, 0.4) is 0 Å². The second kappa shape index (κ2) is 4.69. The first-order chi connectivity index (χ1) is 7.21. The van der Waals surface area contributed by atoms with Crippen LogP contribution in [0.15, 0.2) is 0 Å². The molecule has 1 aliphatic rings. The fourth-order valence-electron chi connectivity index (χ4n) is 1.83. The summed E-state index contributed by atoms with van der Waals surface area (Å²) in [6, 6.07) is -0.674. The van der Waals surface area contributed by atoms with Crippen LogP contribution in [-0.2, 0) is 4.79 Å². The molecule has 0 aromatic rings. The molecule has 5 heteroatoms. The predicted molar refractivity (Wildman–Crippen MR) is 59.1 cm³/mol. The van der Waals surface area contributed by atoms with Crippen LogP contribution in [0, 0.1) is 5.41 Å². The molecule has 1 unspecified atom stereocenters. The van der Waals surface area contributed by atoms with Gasteiger partial charge in [-0.2, -0.15) is 0 Å². The number of hydrogen-bond donors (Lipinski definition) is 3. The molecule has 0 aliphatic carbocycles. The third-order valence-electron chi connectivity index (χ3n) is 3.07. The van der Waals surface area contributed by atoms with Crippen molar-refractivity contribution in [2.24, 2.45) is 5.41 Å². The average molecular weight is 231 g/mol. The van der Waals surface area contributed by atoms with E-state index in [0.29, 0.717) is 6.54 Å². The number of likely N-dealkylation sites (tertiary alicyclic amines) is 1. The van der Waals surface area contributed by atoms with E-state index in [9.17, 15) is 15.0 Å². The highest BCUT2D eigenvalue weighted by Gasteiger charge is 2.38. The molecule has 1 aliphatic heterocycles. The lowest BCUT2D eigenvalue weighted by Gasteiger charge is -2.31. The van der Waals surface area contributed by atoms with Gasteiger partial charge in [0.25, 0.3) is 0 Å². The van der Waals surface area contributed by atoms with Crippen LogP contribution >= 0.6 is 0 Å². The summed E-state index contributed by atoms with van der Waals surface area (Å²) in [6.45, 7) is 6.32. The smallest absolute Gasteiger partial charge is 0.321 e. The summed E-state index contributed by atoms with van der Waals surface area (Å²) in [5.41, 5.74) is -0.281. The fourth-order valence-corrected chi connectivity index (χ4v) is 1.83. The second-order valence-electron chi connectivity index (χ2n) is 5.58. The van der Waals surface area contributed by atoms with Crippen molar-refractivity contribution in [3.05, 3.63) is 0 Å². The summed E-state index contributed by atoms with van der Waals surface area (Å²) in [6.07, 6.45) is -0.959. The molecule has 1 saturated heterocycles. The Morgan fingerprint density at radius 3 is 2.50 bits per heavy atom. The van der Waals surface area contributed by atoms with Crippen LogP contribution in [0.1, 0.15) is 27.2 Å². The fraction of sp³-hybridized carbons (Fsp3) is 0.909. The lowest BCUT2D eigenvalue weighted by Crippen LogP contribution is -2.44. The van der Waals surface area contributed by atoms with Crippen molar-refractivity contribution < 1.29 is 20.1 Å². The number of hydrogen-bond acceptors (Lipinski definition) is 4. The highest BCUT2D eigenvalue weighted by Crippen LogP contribution is 2.24. The molecule has 0 amide bonds. The van der Waals surface area contributed by atoms with Gasteiger partial charge in [0, 0.05) is 19.5 Å². The molecule has 3 N–H and O–H groups in total. The minimum absolute atomic E-state index is 0.242. The molecule has 94 valence electrons. The molecule has 3 atom stereocenters. The Bertz CT molecular complexity index is 261. The Morgan fingerprint density at radius 2 is 2.06 bits per heavy atom. The van der Waals surface area contributed by atoms with Gasteiger partial charge < -0.3 is 15.3 Å². The third-order valence-corrected chi connectivity index (χ3v) is 3.07. The molecular weight excluding hydrogens is 210 g/mol. The summed E-state index contributed by atoms with van der Waals surface area (Å²) in [5, 5.41) is 28.3. The largest absolute Gasteiger partial charge is 0.480 e. The first kappa shape index (κ1) is 13.4. The lowest BCUT2D eigenvalue weighted by molar-refractivity contribution is -0.142. The van der Waals surface area contributed by atoms with Gasteiger partial charge >= 0.3 is 5.97 Å². The second-order valence-corrected chi connectivity index (χ2v) is 5.58. The molecule has 16 heavy (non-hydrogen) atoms. The molecule has 0 spiro atoms. The van der Waals surface area contributed by atoms with Gasteiger partial charge in [0.05, 0.1) is 12.2 Å². The van der Waals surface area contributed by atoms with E-state index in [2.05, 4.69) is 0 Å². The van der Waals surface area contributed by atoms with Gasteiger partial charge in [-0.25, -0.2) is 0 Å². The quantitative estimate of drug-likeness (QED) is 0.632. The van der Waals surface area contributed by atoms with Gasteiger partial charge in [-0.05, 0) is 5.41 Å². The van der Waals surface area contributed by atoms with Gasteiger partial charge in [0.1, 0.15) is 6.04 Å². The van der Waals surface area contributed by atoms with E-state index in [-0.39, 0.29) is 18.4 Å². The molecule has 1 fully saturated rings. The van der Waals surface area contributed by atoms with Crippen LogP contribution in [0.25, 0.3) is 0 Å². The molecule has 0 aromatic carbocycles. The van der Waals surface area contributed by atoms with Crippen LogP contribution in [0.2, 0.25) is 0 Å². The standard InChI is InChI=1S/C11H21NO4/c1-11(2,3)9(14)6-12-5-7(13)4-8(12)10(15)16/h7-9,13-14H,4-6H2,1-3H3,(H,15,16)/t7-,8+,9?/m1/s1. The van der Waals surface area contributed by atoms with E-state index in [1.807, 2.05) is 20.8 Å². The Labute approximate surface area is 95.7 Å². The van der Waals surface area contributed by atoms with E-state index < -0.39 is 24.2 Å². The van der Waals surface area contributed by atoms with Gasteiger partial charge in [-0.15, -0.1) is 0 Å². The summed E-state index contributed by atoms with van der Waals surface area (Å²) in [4.78, 5) is 12.6. The minimum atomic E-state index is -0.933. The topological polar surface area (TPSA) is 81.0 Å². The Morgan fingerprint density at radius 1 is 1.50 bits per heavy atom. The molecule has 5 nitrogen and oxygen atoms in total. The molecule has 1 heterocycles. The monoisotopic (exact) mass is 231 g/mol. The van der Waals surface area contributed by atoms with Crippen molar-refractivity contribution in [2.75, 3.05) is 13.1 Å². The van der Waals surface area contributed by atoms with Crippen molar-refractivity contribution in [1.82, 2.24) is 4.90 Å². The van der Waals surface area contributed by atoms with Crippen molar-refractivity contribution in [3.63, 3.8) is 0 Å². The summed E-state index contributed by atoms with van der Waals surface area (Å²) < 4.78 is 0. The van der Waals surface area contributed by atoms with E-state index >= 15 is 0 Å². The molecule has 1 rings (SSSR count). The van der Waals surface area contributed by atoms with E-state index in [4.69, 9.17) is 5.11 Å². The molecule has 0 saturated carbocycles. The van der Waals surface area contributed by atoms with Gasteiger partial charge in [0.2, 0.25) is 0 Å². The SMILES string of the molecule is CC(C)(C)C(O)CN1C[C@H](O)C[C@H]1C(=O)O. The Balaban J connectivity index is 2.62. The van der Waals surface area contributed by atoms with Crippen molar-refractivity contribution in [1.29, 1.82) is 0 Å². The lowest BCUT2D eigenvalue weighted by atomic mass is 9.89. The van der Waals surface area contributed by atoms with Crippen molar-refractivity contribution in [2.45, 2.75) is 45.4 Å². The summed E-state index contributed by atoms with van der Waals surface area (Å²) >= 11 is 0. The number of rotatable bonds is 3. The summed E-state index contributed by atoms with van der Waals surface area (Å²) in [7, 11) is 0. The average Bonchev–Trinajstić information content (AvgIpc) is 2.45. The number of aliphatic hydroxyl groups excluding tert-OH is 2. The van der Waals surface area contributed by atoms with Crippen molar-refractivity contribution in [3.8, 4) is 0 Å². The molecular formula is C11H21NO4. The van der Waals surface area contributed by atoms with E-state index in [1.54, 1.807) is 4.90 Å². The van der Waals surface area contributed by atoms with E-state index in [1.165, 1.54) is 0 Å². The third kappa shape index (κ3) is 3.17. The predicted octanol–water partition coefficient (Wildman–Crippen LogP) is -0.0868. The minimum Gasteiger partial charge on any atom is -0.480 e. The van der Waals surface area contributed by atoms with E-state index in [0.717, 1.165) is 0 Å². The van der Waals surface area contributed by atoms with Gasteiger partial charge in [-0.1, -0.05) is 20.8 Å². The first-order valence-corrected chi connectivity index (χ1v) is 5.55. The first-order valence-electron chi connectivity index (χ1n) is 5.55. The number of carboxylic acids is 1.